The van der Waals surface area contributed by atoms with Gasteiger partial charge in [0.2, 0.25) is 0 Å². The van der Waals surface area contributed by atoms with E-state index in [2.05, 4.69) is 0 Å². The highest BCUT2D eigenvalue weighted by atomic mass is 16.5. The van der Waals surface area contributed by atoms with Gasteiger partial charge in [-0.15, -0.1) is 0 Å². The standard InChI is InChI=1S/C26H25NO4/c1-18(2)27(16-19-10-4-3-5-11-19)24(28)17-30-26(29)25-20-12-6-8-14-22(20)31-23-15-9-7-13-21(23)25/h3-15,18,25H,16-17H2,1-2H3. The van der Waals surface area contributed by atoms with Crippen molar-refractivity contribution in [1.82, 2.24) is 4.90 Å². The predicted octanol–water partition coefficient (Wildman–Crippen LogP) is 4.90. The fourth-order valence-corrected chi connectivity index (χ4v) is 3.80. The molecule has 5 nitrogen and oxygen atoms in total. The summed E-state index contributed by atoms with van der Waals surface area (Å²) >= 11 is 0. The Labute approximate surface area is 182 Å². The van der Waals surface area contributed by atoms with E-state index in [0.29, 0.717) is 18.0 Å². The van der Waals surface area contributed by atoms with Gasteiger partial charge in [-0.1, -0.05) is 66.7 Å². The Morgan fingerprint density at radius 1 is 0.871 bits per heavy atom. The van der Waals surface area contributed by atoms with E-state index >= 15 is 0 Å². The Bertz CT molecular complexity index is 1030. The number of ether oxygens (including phenoxy) is 2. The molecule has 0 saturated carbocycles. The lowest BCUT2D eigenvalue weighted by Gasteiger charge is -2.28. The van der Waals surface area contributed by atoms with Gasteiger partial charge in [-0.05, 0) is 31.5 Å². The van der Waals surface area contributed by atoms with Crippen LogP contribution in [0.4, 0.5) is 0 Å². The largest absolute Gasteiger partial charge is 0.457 e. The van der Waals surface area contributed by atoms with E-state index in [1.807, 2.05) is 92.7 Å². The molecule has 0 aliphatic carbocycles. The molecule has 3 aromatic rings. The highest BCUT2D eigenvalue weighted by Crippen LogP contribution is 2.44. The quantitative estimate of drug-likeness (QED) is 0.537. The summed E-state index contributed by atoms with van der Waals surface area (Å²) in [4.78, 5) is 27.7. The van der Waals surface area contributed by atoms with E-state index in [-0.39, 0.29) is 18.6 Å². The highest BCUT2D eigenvalue weighted by Gasteiger charge is 2.34. The second kappa shape index (κ2) is 9.04. The summed E-state index contributed by atoms with van der Waals surface area (Å²) in [5.74, 6) is -0.0545. The number of hydrogen-bond donors (Lipinski definition) is 0. The van der Waals surface area contributed by atoms with Crippen LogP contribution in [0.2, 0.25) is 0 Å². The second-order valence-electron chi connectivity index (χ2n) is 7.82. The number of hydrogen-bond acceptors (Lipinski definition) is 4. The summed E-state index contributed by atoms with van der Waals surface area (Å²) in [6, 6.07) is 24.6. The Morgan fingerprint density at radius 3 is 2.00 bits per heavy atom. The maximum absolute atomic E-state index is 13.1. The van der Waals surface area contributed by atoms with Crippen LogP contribution in [0, 0.1) is 0 Å². The van der Waals surface area contributed by atoms with Gasteiger partial charge in [0, 0.05) is 23.7 Å². The van der Waals surface area contributed by atoms with E-state index < -0.39 is 11.9 Å². The van der Waals surface area contributed by atoms with Crippen LogP contribution in [-0.2, 0) is 20.9 Å². The number of carbonyl (C=O) groups is 2. The van der Waals surface area contributed by atoms with Crippen molar-refractivity contribution in [3.8, 4) is 11.5 Å². The molecular weight excluding hydrogens is 390 g/mol. The summed E-state index contributed by atoms with van der Waals surface area (Å²) in [5, 5.41) is 0. The van der Waals surface area contributed by atoms with E-state index in [9.17, 15) is 9.59 Å². The molecule has 0 fully saturated rings. The maximum atomic E-state index is 13.1. The molecule has 1 aliphatic heterocycles. The number of benzene rings is 3. The van der Waals surface area contributed by atoms with Gasteiger partial charge < -0.3 is 14.4 Å². The van der Waals surface area contributed by atoms with Gasteiger partial charge in [-0.25, -0.2) is 0 Å². The fourth-order valence-electron chi connectivity index (χ4n) is 3.80. The first-order valence-corrected chi connectivity index (χ1v) is 10.4. The van der Waals surface area contributed by atoms with Crippen molar-refractivity contribution in [2.45, 2.75) is 32.4 Å². The number of carbonyl (C=O) groups excluding carboxylic acids is 2. The average molecular weight is 415 g/mol. The molecule has 0 atom stereocenters. The van der Waals surface area contributed by atoms with Crippen molar-refractivity contribution in [3.05, 3.63) is 95.6 Å². The van der Waals surface area contributed by atoms with Crippen LogP contribution >= 0.6 is 0 Å². The number of fused-ring (bicyclic) bond motifs is 2. The van der Waals surface area contributed by atoms with Crippen molar-refractivity contribution in [1.29, 1.82) is 0 Å². The molecule has 3 aromatic carbocycles. The van der Waals surface area contributed by atoms with Gasteiger partial charge in [-0.3, -0.25) is 9.59 Å². The molecule has 0 radical (unpaired) electrons. The van der Waals surface area contributed by atoms with Crippen LogP contribution in [0.15, 0.2) is 78.9 Å². The van der Waals surface area contributed by atoms with E-state index in [1.54, 1.807) is 4.90 Å². The minimum Gasteiger partial charge on any atom is -0.457 e. The predicted molar refractivity (Wildman–Crippen MR) is 118 cm³/mol. The van der Waals surface area contributed by atoms with E-state index in [4.69, 9.17) is 9.47 Å². The third-order valence-electron chi connectivity index (χ3n) is 5.39. The lowest BCUT2D eigenvalue weighted by Crippen LogP contribution is -2.39. The number of para-hydroxylation sites is 2. The number of esters is 1. The zero-order valence-corrected chi connectivity index (χ0v) is 17.7. The fraction of sp³-hybridized carbons (Fsp3) is 0.231. The van der Waals surface area contributed by atoms with Crippen LogP contribution in [0.25, 0.3) is 0 Å². The van der Waals surface area contributed by atoms with Gasteiger partial charge in [0.05, 0.1) is 0 Å². The molecule has 4 rings (SSSR count). The number of amides is 1. The summed E-state index contributed by atoms with van der Waals surface area (Å²) in [7, 11) is 0. The molecular formula is C26H25NO4. The normalized spacial score (nSPS) is 12.5. The summed E-state index contributed by atoms with van der Waals surface area (Å²) in [5.41, 5.74) is 2.51. The van der Waals surface area contributed by atoms with Crippen molar-refractivity contribution in [2.75, 3.05) is 6.61 Å². The molecule has 0 saturated heterocycles. The van der Waals surface area contributed by atoms with Crippen LogP contribution < -0.4 is 4.74 Å². The molecule has 0 unspecified atom stereocenters. The Hall–Kier alpha value is -3.60. The molecule has 5 heteroatoms. The van der Waals surface area contributed by atoms with E-state index in [1.165, 1.54) is 0 Å². The molecule has 0 aromatic heterocycles. The maximum Gasteiger partial charge on any atom is 0.318 e. The van der Waals surface area contributed by atoms with Crippen molar-refractivity contribution < 1.29 is 19.1 Å². The van der Waals surface area contributed by atoms with E-state index in [0.717, 1.165) is 16.7 Å². The van der Waals surface area contributed by atoms with Gasteiger partial charge in [0.25, 0.3) is 5.91 Å². The third-order valence-corrected chi connectivity index (χ3v) is 5.39. The van der Waals surface area contributed by atoms with Gasteiger partial charge in [0.1, 0.15) is 17.4 Å². The van der Waals surface area contributed by atoms with Gasteiger partial charge in [-0.2, -0.15) is 0 Å². The minimum atomic E-state index is -0.629. The molecule has 0 spiro atoms. The first-order chi connectivity index (χ1) is 15.0. The van der Waals surface area contributed by atoms with Crippen molar-refractivity contribution >= 4 is 11.9 Å². The molecule has 1 heterocycles. The zero-order chi connectivity index (χ0) is 21.8. The Morgan fingerprint density at radius 2 is 1.42 bits per heavy atom. The highest BCUT2D eigenvalue weighted by molar-refractivity contribution is 5.88. The first-order valence-electron chi connectivity index (χ1n) is 10.4. The molecule has 0 bridgehead atoms. The monoisotopic (exact) mass is 415 g/mol. The third kappa shape index (κ3) is 4.45. The summed E-state index contributed by atoms with van der Waals surface area (Å²) in [6.45, 7) is 4.07. The SMILES string of the molecule is CC(C)N(Cc1ccccc1)C(=O)COC(=O)C1c2ccccc2Oc2ccccc21. The molecule has 1 amide bonds. The second-order valence-corrected chi connectivity index (χ2v) is 7.82. The number of nitrogens with zero attached hydrogens (tertiary/aromatic N) is 1. The van der Waals surface area contributed by atoms with Crippen molar-refractivity contribution in [2.24, 2.45) is 0 Å². The zero-order valence-electron chi connectivity index (χ0n) is 17.7. The van der Waals surface area contributed by atoms with Crippen LogP contribution in [-0.4, -0.2) is 29.4 Å². The van der Waals surface area contributed by atoms with Gasteiger partial charge in [0.15, 0.2) is 6.61 Å². The molecule has 158 valence electrons. The Balaban J connectivity index is 1.50. The smallest absolute Gasteiger partial charge is 0.318 e. The molecule has 31 heavy (non-hydrogen) atoms. The number of rotatable bonds is 6. The lowest BCUT2D eigenvalue weighted by molar-refractivity contribution is -0.153. The topological polar surface area (TPSA) is 55.8 Å². The van der Waals surface area contributed by atoms with Crippen LogP contribution in [0.5, 0.6) is 11.5 Å². The summed E-state index contributed by atoms with van der Waals surface area (Å²) < 4.78 is 11.5. The average Bonchev–Trinajstić information content (AvgIpc) is 2.79. The van der Waals surface area contributed by atoms with Crippen LogP contribution in [0.3, 0.4) is 0 Å². The van der Waals surface area contributed by atoms with Crippen LogP contribution in [0.1, 0.15) is 36.5 Å². The molecule has 1 aliphatic rings. The molecule has 0 N–H and O–H groups in total. The van der Waals surface area contributed by atoms with Crippen molar-refractivity contribution in [3.63, 3.8) is 0 Å². The Kier molecular flexibility index (Phi) is 6.03. The lowest BCUT2D eigenvalue weighted by atomic mass is 9.88. The van der Waals surface area contributed by atoms with Gasteiger partial charge >= 0.3 is 5.97 Å². The first kappa shape index (κ1) is 20.7. The minimum absolute atomic E-state index is 0.0176. The summed E-state index contributed by atoms with van der Waals surface area (Å²) in [6.07, 6.45) is 0.